The van der Waals surface area contributed by atoms with Crippen LogP contribution in [-0.4, -0.2) is 9.97 Å². The largest absolute Gasteiger partial charge is 2.00 e. The van der Waals surface area contributed by atoms with Gasteiger partial charge in [-0.25, -0.2) is 9.97 Å². The van der Waals surface area contributed by atoms with Crippen molar-refractivity contribution >= 4 is 153 Å². The van der Waals surface area contributed by atoms with Crippen LogP contribution in [0, 0.1) is 7.14 Å². The Labute approximate surface area is 287 Å². The van der Waals surface area contributed by atoms with Crippen LogP contribution in [0.15, 0.2) is 36.7 Å². The Morgan fingerprint density at radius 2 is 0.913 bits per heavy atom. The molecule has 0 aliphatic rings. The Hall–Kier alpha value is 4.68. The van der Waals surface area contributed by atoms with Crippen molar-refractivity contribution in [3.05, 3.63) is 43.8 Å². The quantitative estimate of drug-likeness (QED) is 0.263. The van der Waals surface area contributed by atoms with Gasteiger partial charge in [0.05, 0.1) is 0 Å². The second-order valence-electron chi connectivity index (χ2n) is 2.80. The molecular formula is C10H14HgI8N4. The fraction of sp³-hybridized carbons (Fsp3) is 0. The molecule has 0 bridgehead atoms. The van der Waals surface area contributed by atoms with Crippen LogP contribution in [0.4, 0.5) is 11.6 Å². The molecule has 0 spiro atoms. The maximum atomic E-state index is 5.31. The van der Waals surface area contributed by atoms with Crippen LogP contribution < -0.4 is 59.4 Å². The van der Waals surface area contributed by atoms with Crippen molar-refractivity contribution in [3.8, 4) is 0 Å². The summed E-state index contributed by atoms with van der Waals surface area (Å²) in [5, 5.41) is 0. The fourth-order valence-electron chi connectivity index (χ4n) is 0.775. The molecule has 23 heavy (non-hydrogen) atoms. The maximum Gasteiger partial charge on any atom is 2.00 e. The van der Waals surface area contributed by atoms with E-state index in [1.165, 1.54) is 0 Å². The van der Waals surface area contributed by atoms with E-state index >= 15 is 0 Å². The molecule has 0 atom stereocenters. The Morgan fingerprint density at radius 3 is 1.04 bits per heavy atom. The van der Waals surface area contributed by atoms with Gasteiger partial charge in [0.1, 0.15) is 11.6 Å². The van der Waals surface area contributed by atoms with Crippen LogP contribution in [0.2, 0.25) is 0 Å². The minimum absolute atomic E-state index is 0. The minimum Gasteiger partial charge on any atom is -1.00 e. The number of nitrogens with zero attached hydrogens (tertiary/aromatic N) is 2. The Balaban J connectivity index is -0.0000000341. The monoisotopic (exact) mass is 1410 g/mol. The van der Waals surface area contributed by atoms with E-state index in [0.29, 0.717) is 11.6 Å². The maximum absolute atomic E-state index is 5.31. The Morgan fingerprint density at radius 1 is 0.652 bits per heavy atom. The first-order valence-electron chi connectivity index (χ1n) is 4.32. The number of hydrogen-bond donors (Lipinski definition) is 2. The van der Waals surface area contributed by atoms with Crippen molar-refractivity contribution in [1.82, 2.24) is 9.97 Å². The third-order valence-corrected chi connectivity index (χ3v) is 2.78. The standard InChI is InChI=1S/2C5H5IN2.Hg.6HI/c2*6-4-1-2-5(7)8-3-4;;;;;;;/h2*1-3H,(H2,7,8);;6*1H/q;;+2;;;;;;/p-2. The van der Waals surface area contributed by atoms with Crippen molar-refractivity contribution in [2.75, 3.05) is 11.5 Å². The van der Waals surface area contributed by atoms with Crippen LogP contribution in [0.5, 0.6) is 0 Å². The predicted octanol–water partition coefficient (Wildman–Crippen LogP) is -0.986. The molecule has 0 aliphatic carbocycles. The summed E-state index contributed by atoms with van der Waals surface area (Å²) in [6.45, 7) is 0. The summed E-state index contributed by atoms with van der Waals surface area (Å²) in [4.78, 5) is 7.70. The number of halogens is 8. The summed E-state index contributed by atoms with van der Waals surface area (Å²) in [6, 6.07) is 7.40. The first-order chi connectivity index (χ1) is 7.58. The molecule has 4 nitrogen and oxygen atoms in total. The summed E-state index contributed by atoms with van der Waals surface area (Å²) in [5.74, 6) is 1.15. The summed E-state index contributed by atoms with van der Waals surface area (Å²) >= 11 is 4.36. The molecular weight excluding hydrogens is 1390 g/mol. The molecule has 0 aromatic carbocycles. The van der Waals surface area contributed by atoms with Gasteiger partial charge in [-0.15, -0.1) is 95.9 Å². The van der Waals surface area contributed by atoms with Gasteiger partial charge in [0.15, 0.2) is 0 Å². The van der Waals surface area contributed by atoms with Crippen LogP contribution in [0.1, 0.15) is 0 Å². The fourth-order valence-corrected chi connectivity index (χ4v) is 1.41. The van der Waals surface area contributed by atoms with Gasteiger partial charge < -0.3 is 59.4 Å². The van der Waals surface area contributed by atoms with E-state index in [1.54, 1.807) is 24.5 Å². The van der Waals surface area contributed by atoms with E-state index in [1.807, 2.05) is 12.1 Å². The van der Waals surface area contributed by atoms with E-state index in [0.717, 1.165) is 7.14 Å². The minimum atomic E-state index is 0. The molecule has 0 fully saturated rings. The van der Waals surface area contributed by atoms with Gasteiger partial charge in [0.2, 0.25) is 0 Å². The van der Waals surface area contributed by atoms with Gasteiger partial charge in [0, 0.05) is 19.5 Å². The van der Waals surface area contributed by atoms with E-state index in [-0.39, 0.29) is 172 Å². The molecule has 2 aromatic heterocycles. The van der Waals surface area contributed by atoms with Crippen molar-refractivity contribution in [2.24, 2.45) is 0 Å². The molecule has 0 saturated carbocycles. The number of hydrogen-bond acceptors (Lipinski definition) is 4. The van der Waals surface area contributed by atoms with Gasteiger partial charge in [-0.2, -0.15) is 0 Å². The molecule has 0 unspecified atom stereocenters. The predicted molar refractivity (Wildman–Crippen MR) is 144 cm³/mol. The van der Waals surface area contributed by atoms with Crippen molar-refractivity contribution in [2.45, 2.75) is 0 Å². The first kappa shape index (κ1) is 46.1. The summed E-state index contributed by atoms with van der Waals surface area (Å²) in [6.07, 6.45) is 3.46. The van der Waals surface area contributed by atoms with Crippen LogP contribution >= 0.6 is 141 Å². The molecule has 0 aliphatic heterocycles. The molecule has 2 heterocycles. The van der Waals surface area contributed by atoms with Gasteiger partial charge in [-0.3, -0.25) is 0 Å². The van der Waals surface area contributed by atoms with Crippen LogP contribution in [0.25, 0.3) is 0 Å². The molecule has 2 aromatic rings. The van der Waals surface area contributed by atoms with Gasteiger partial charge in [-0.1, -0.05) is 0 Å². The Bertz CT molecular complexity index is 360. The molecule has 2 rings (SSSR count). The van der Waals surface area contributed by atoms with Gasteiger partial charge in [0.25, 0.3) is 0 Å². The van der Waals surface area contributed by atoms with Crippen molar-refractivity contribution < 1.29 is 75.6 Å². The zero-order chi connectivity index (χ0) is 12.0. The SMILES string of the molecule is I.I.I.I.Nc1ccc(I)cn1.Nc1ccc(I)cn1.[Hg+2].[I-].[I-]. The zero-order valence-electron chi connectivity index (χ0n) is 11.4. The van der Waals surface area contributed by atoms with E-state index in [2.05, 4.69) is 55.1 Å². The average Bonchev–Trinajstić information content (AvgIpc) is 2.28. The molecule has 4 N–H and O–H groups in total. The molecule has 0 amide bonds. The number of nitrogens with two attached hydrogens (primary N) is 2. The van der Waals surface area contributed by atoms with Gasteiger partial charge >= 0.3 is 27.7 Å². The number of anilines is 2. The molecule has 132 valence electrons. The molecule has 0 saturated heterocycles. The number of aromatic nitrogens is 2. The second-order valence-corrected chi connectivity index (χ2v) is 5.29. The second kappa shape index (κ2) is 28.9. The van der Waals surface area contributed by atoms with Crippen LogP contribution in [-0.2, 0) is 27.7 Å². The first-order valence-corrected chi connectivity index (χ1v) is 6.48. The van der Waals surface area contributed by atoms with Gasteiger partial charge in [-0.05, 0) is 69.4 Å². The summed E-state index contributed by atoms with van der Waals surface area (Å²) in [7, 11) is 0. The Kier molecular flexibility index (Phi) is 57.8. The normalized spacial score (nSPS) is 6.35. The van der Waals surface area contributed by atoms with E-state index in [4.69, 9.17) is 11.5 Å². The van der Waals surface area contributed by atoms with Crippen molar-refractivity contribution in [1.29, 1.82) is 0 Å². The number of nitrogen functional groups attached to an aromatic ring is 2. The van der Waals surface area contributed by atoms with Crippen LogP contribution in [0.3, 0.4) is 0 Å². The number of rotatable bonds is 0. The zero-order valence-corrected chi connectivity index (χ0v) is 34.8. The van der Waals surface area contributed by atoms with E-state index in [9.17, 15) is 0 Å². The van der Waals surface area contributed by atoms with E-state index < -0.39 is 0 Å². The topological polar surface area (TPSA) is 77.8 Å². The summed E-state index contributed by atoms with van der Waals surface area (Å²) < 4.78 is 2.22. The molecule has 13 heteroatoms. The third kappa shape index (κ3) is 26.7. The molecule has 0 radical (unpaired) electrons. The third-order valence-electron chi connectivity index (χ3n) is 1.50. The van der Waals surface area contributed by atoms with Crippen molar-refractivity contribution in [3.63, 3.8) is 0 Å². The average molecular weight is 1410 g/mol. The summed E-state index contributed by atoms with van der Waals surface area (Å²) in [5.41, 5.74) is 10.6. The smallest absolute Gasteiger partial charge is 1.00 e. The number of pyridine rings is 2.